The van der Waals surface area contributed by atoms with Crippen molar-refractivity contribution in [3.05, 3.63) is 191 Å². The Bertz CT molecular complexity index is 2240. The molecule has 0 aliphatic carbocycles. The van der Waals surface area contributed by atoms with Crippen molar-refractivity contribution < 1.29 is 4.79 Å². The van der Waals surface area contributed by atoms with Gasteiger partial charge < -0.3 is 9.13 Å². The highest BCUT2D eigenvalue weighted by atomic mass is 16.1. The summed E-state index contributed by atoms with van der Waals surface area (Å²) < 4.78 is 4.85. The molecule has 9 heteroatoms. The molecule has 332 valence electrons. The van der Waals surface area contributed by atoms with E-state index in [1.165, 1.54) is 44.8 Å². The van der Waals surface area contributed by atoms with Gasteiger partial charge in [-0.15, -0.1) is 0 Å². The number of Topliss-reactive ketones (excluding diaryl/α,β-unsaturated/α-hetero) is 1. The van der Waals surface area contributed by atoms with Crippen molar-refractivity contribution >= 4 is 5.78 Å². The lowest BCUT2D eigenvalue weighted by Crippen LogP contribution is -2.63. The van der Waals surface area contributed by atoms with Crippen LogP contribution in [-0.2, 0) is 31.0 Å². The van der Waals surface area contributed by atoms with Gasteiger partial charge in [0.25, 0.3) is 0 Å². The monoisotopic (exact) mass is 855 g/mol. The van der Waals surface area contributed by atoms with Crippen LogP contribution in [0.5, 0.6) is 0 Å². The van der Waals surface area contributed by atoms with Crippen molar-refractivity contribution in [1.82, 2.24) is 38.5 Å². The Kier molecular flexibility index (Phi) is 13.1. The molecular weight excluding hydrogens is 789 g/mol. The lowest BCUT2D eigenvalue weighted by atomic mass is 9.93. The third kappa shape index (κ3) is 9.48. The second kappa shape index (κ2) is 19.5. The van der Waals surface area contributed by atoms with Gasteiger partial charge in [-0.1, -0.05) is 120 Å². The van der Waals surface area contributed by atoms with Crippen LogP contribution in [0.4, 0.5) is 0 Å². The van der Waals surface area contributed by atoms with Gasteiger partial charge in [-0.05, 0) is 60.4 Å². The maximum Gasteiger partial charge on any atom is 0.169 e. The van der Waals surface area contributed by atoms with E-state index in [9.17, 15) is 0 Å². The number of aryl methyl sites for hydroxylation is 2. The molecule has 0 amide bonds. The Morgan fingerprint density at radius 3 is 1.23 bits per heavy atom. The van der Waals surface area contributed by atoms with E-state index in [0.717, 1.165) is 91.6 Å². The fraction of sp³-hybridized carbons (Fsp3) is 0.400. The fourth-order valence-corrected chi connectivity index (χ4v) is 11.1. The van der Waals surface area contributed by atoms with Crippen LogP contribution in [0, 0.1) is 13.8 Å². The zero-order valence-corrected chi connectivity index (χ0v) is 38.0. The predicted octanol–water partition coefficient (Wildman–Crippen LogP) is 7.36. The molecule has 4 atom stereocenters. The minimum Gasteiger partial charge on any atom is -0.348 e. The molecule has 4 aromatic carbocycles. The molecule has 10 rings (SSSR count). The van der Waals surface area contributed by atoms with Crippen molar-refractivity contribution in [2.24, 2.45) is 0 Å². The minimum absolute atomic E-state index is 0.0831. The molecule has 4 unspecified atom stereocenters. The Labute approximate surface area is 381 Å². The number of carbonyl (C=O) groups excluding carboxylic acids is 1. The van der Waals surface area contributed by atoms with Crippen LogP contribution in [0.1, 0.15) is 56.9 Å². The normalized spacial score (nSPS) is 21.6. The van der Waals surface area contributed by atoms with Gasteiger partial charge in [-0.25, -0.2) is 0 Å². The Balaban J connectivity index is 0.986. The van der Waals surface area contributed by atoms with E-state index in [2.05, 4.69) is 198 Å². The lowest BCUT2D eigenvalue weighted by molar-refractivity contribution is -0.133. The number of hydrogen-bond donors (Lipinski definition) is 0. The second-order valence-corrected chi connectivity index (χ2v) is 18.9. The van der Waals surface area contributed by atoms with Gasteiger partial charge in [0, 0.05) is 128 Å². The summed E-state index contributed by atoms with van der Waals surface area (Å²) in [6, 6.07) is 48.6. The van der Waals surface area contributed by atoms with E-state index in [4.69, 9.17) is 0 Å². The number of carbonyl (C=O) groups is 1. The first-order valence-corrected chi connectivity index (χ1v) is 23.9. The molecule has 0 bridgehead atoms. The van der Waals surface area contributed by atoms with Crippen molar-refractivity contribution in [2.75, 3.05) is 78.5 Å². The molecule has 2 fully saturated rings. The number of ketones is 1. The summed E-state index contributed by atoms with van der Waals surface area (Å²) in [4.78, 5) is 32.0. The summed E-state index contributed by atoms with van der Waals surface area (Å²) in [5.41, 5.74) is 10.5. The second-order valence-electron chi connectivity index (χ2n) is 18.9. The smallest absolute Gasteiger partial charge is 0.169 e. The molecule has 0 saturated carbocycles. The topological polar surface area (TPSA) is 46.4 Å². The zero-order valence-electron chi connectivity index (χ0n) is 38.0. The first-order chi connectivity index (χ1) is 31.4. The Hall–Kier alpha value is -5.13. The maximum atomic E-state index is 16.3. The molecule has 0 radical (unpaired) electrons. The third-order valence-corrected chi connectivity index (χ3v) is 14.7. The van der Waals surface area contributed by atoms with Crippen LogP contribution in [0.3, 0.4) is 0 Å². The summed E-state index contributed by atoms with van der Waals surface area (Å²) in [6.07, 6.45) is 4.46. The summed E-state index contributed by atoms with van der Waals surface area (Å²) in [6.45, 7) is 18.6. The summed E-state index contributed by atoms with van der Waals surface area (Å²) in [7, 11) is 0. The largest absolute Gasteiger partial charge is 0.348 e. The molecule has 64 heavy (non-hydrogen) atoms. The van der Waals surface area contributed by atoms with Crippen LogP contribution in [-0.4, -0.2) is 135 Å². The zero-order chi connectivity index (χ0) is 43.4. The van der Waals surface area contributed by atoms with E-state index in [0.29, 0.717) is 18.9 Å². The average Bonchev–Trinajstić information content (AvgIpc) is 4.02. The van der Waals surface area contributed by atoms with E-state index in [1.807, 2.05) is 0 Å². The summed E-state index contributed by atoms with van der Waals surface area (Å²) in [5, 5.41) is 0. The van der Waals surface area contributed by atoms with Gasteiger partial charge in [0.2, 0.25) is 0 Å². The van der Waals surface area contributed by atoms with Crippen LogP contribution < -0.4 is 0 Å². The lowest BCUT2D eigenvalue weighted by Gasteiger charge is -2.47. The van der Waals surface area contributed by atoms with Crippen LogP contribution in [0.15, 0.2) is 146 Å². The van der Waals surface area contributed by atoms with Gasteiger partial charge in [-0.3, -0.25) is 34.2 Å². The highest BCUT2D eigenvalue weighted by molar-refractivity contribution is 5.89. The fourth-order valence-electron chi connectivity index (χ4n) is 11.1. The van der Waals surface area contributed by atoms with Gasteiger partial charge in [-0.2, -0.15) is 0 Å². The molecule has 0 N–H and O–H groups in total. The van der Waals surface area contributed by atoms with E-state index >= 15 is 4.79 Å². The van der Waals surface area contributed by atoms with E-state index in [1.54, 1.807) is 0 Å². The number of hydrogen-bond acceptors (Lipinski definition) is 7. The van der Waals surface area contributed by atoms with Crippen LogP contribution in [0.2, 0.25) is 0 Å². The molecular formula is C55H66N8O. The SMILES string of the molecule is Cc1ccc(C2c3cccn3CCN2CC(C(=O)C(CN2CCn3cccc3C2c2ccc(C)cc2)N2CCN(Cc3ccccc3)CC2)N2CCN(Cc3ccccc3)CC2)cc1. The van der Waals surface area contributed by atoms with E-state index < -0.39 is 0 Å². The molecule has 4 aliphatic heterocycles. The number of nitrogens with zero attached hydrogens (tertiary/aromatic N) is 8. The van der Waals surface area contributed by atoms with Gasteiger partial charge in [0.05, 0.1) is 24.2 Å². The number of piperazine rings is 2. The highest BCUT2D eigenvalue weighted by Gasteiger charge is 2.42. The molecule has 2 saturated heterocycles. The summed E-state index contributed by atoms with van der Waals surface area (Å²) in [5.74, 6) is 0.389. The highest BCUT2D eigenvalue weighted by Crippen LogP contribution is 2.36. The van der Waals surface area contributed by atoms with Crippen molar-refractivity contribution in [3.8, 4) is 0 Å². The van der Waals surface area contributed by atoms with Crippen LogP contribution in [0.25, 0.3) is 0 Å². The van der Waals surface area contributed by atoms with Crippen molar-refractivity contribution in [2.45, 2.75) is 64.2 Å². The van der Waals surface area contributed by atoms with Crippen LogP contribution >= 0.6 is 0 Å². The molecule has 2 aromatic heterocycles. The number of benzene rings is 4. The Morgan fingerprint density at radius 2 is 0.844 bits per heavy atom. The van der Waals surface area contributed by atoms with Gasteiger partial charge in [0.15, 0.2) is 5.78 Å². The van der Waals surface area contributed by atoms with E-state index in [-0.39, 0.29) is 24.2 Å². The molecule has 6 heterocycles. The average molecular weight is 855 g/mol. The number of rotatable bonds is 14. The van der Waals surface area contributed by atoms with Gasteiger partial charge >= 0.3 is 0 Å². The third-order valence-electron chi connectivity index (χ3n) is 14.7. The van der Waals surface area contributed by atoms with Crippen molar-refractivity contribution in [3.63, 3.8) is 0 Å². The first kappa shape index (κ1) is 42.8. The number of fused-ring (bicyclic) bond motifs is 2. The summed E-state index contributed by atoms with van der Waals surface area (Å²) >= 11 is 0. The minimum atomic E-state index is -0.243. The Morgan fingerprint density at radius 1 is 0.453 bits per heavy atom. The molecule has 4 aliphatic rings. The standard InChI is InChI=1S/C55H66N8O/c1-43-17-21-47(22-18-43)53-49-15-9-25-58(49)35-37-62(53)41-51(60-31-27-56(28-32-60)39-45-11-5-3-6-12-45)55(64)52(61-33-29-57(30-34-61)40-46-13-7-4-8-14-46)42-63-38-36-59-26-10-16-50(59)54(63)48-23-19-44(2)20-24-48/h3-26,51-54H,27-42H2,1-2H3. The number of aromatic nitrogens is 2. The van der Waals surface area contributed by atoms with Gasteiger partial charge in [0.1, 0.15) is 0 Å². The predicted molar refractivity (Wildman–Crippen MR) is 257 cm³/mol. The maximum absolute atomic E-state index is 16.3. The molecule has 9 nitrogen and oxygen atoms in total. The quantitative estimate of drug-likeness (QED) is 0.114. The first-order valence-electron chi connectivity index (χ1n) is 23.9. The molecule has 6 aromatic rings. The molecule has 0 spiro atoms. The van der Waals surface area contributed by atoms with Crippen molar-refractivity contribution in [1.29, 1.82) is 0 Å².